The summed E-state index contributed by atoms with van der Waals surface area (Å²) < 4.78 is 16.6. The van der Waals surface area contributed by atoms with Crippen molar-refractivity contribution in [2.24, 2.45) is 0 Å². The number of imidazole rings is 1. The average Bonchev–Trinajstić information content (AvgIpc) is 3.23. The van der Waals surface area contributed by atoms with Gasteiger partial charge in [0.1, 0.15) is 11.6 Å². The molecule has 0 amide bonds. The van der Waals surface area contributed by atoms with Crippen molar-refractivity contribution in [3.05, 3.63) is 52.5 Å². The van der Waals surface area contributed by atoms with Crippen molar-refractivity contribution in [2.75, 3.05) is 5.73 Å². The molecule has 3 nitrogen and oxygen atoms in total. The van der Waals surface area contributed by atoms with Gasteiger partial charge in [0.15, 0.2) is 0 Å². The molecule has 0 bridgehead atoms. The standard InChI is InChI=1S/C16H13BrFN3/c17-12-5-3-10(18)7-15(12)21-14-6-4-11(19)8-13(14)20-16(21)9-1-2-9/h3-9H,1-2,19H2. The smallest absolute Gasteiger partial charge is 0.125 e. The lowest BCUT2D eigenvalue weighted by Gasteiger charge is -2.11. The van der Waals surface area contributed by atoms with Crippen LogP contribution in [0.2, 0.25) is 0 Å². The van der Waals surface area contributed by atoms with Gasteiger partial charge in [-0.05, 0) is 65.2 Å². The molecule has 0 atom stereocenters. The highest BCUT2D eigenvalue weighted by Gasteiger charge is 2.30. The first-order chi connectivity index (χ1) is 10.1. The van der Waals surface area contributed by atoms with Gasteiger partial charge in [0.2, 0.25) is 0 Å². The summed E-state index contributed by atoms with van der Waals surface area (Å²) in [6.07, 6.45) is 2.26. The molecular formula is C16H13BrFN3. The lowest BCUT2D eigenvalue weighted by molar-refractivity contribution is 0.626. The van der Waals surface area contributed by atoms with Crippen LogP contribution in [-0.4, -0.2) is 9.55 Å². The van der Waals surface area contributed by atoms with Crippen LogP contribution in [0.15, 0.2) is 40.9 Å². The van der Waals surface area contributed by atoms with E-state index in [0.29, 0.717) is 11.6 Å². The van der Waals surface area contributed by atoms with E-state index in [4.69, 9.17) is 10.7 Å². The van der Waals surface area contributed by atoms with Gasteiger partial charge in [-0.2, -0.15) is 0 Å². The molecule has 1 saturated carbocycles. The summed E-state index contributed by atoms with van der Waals surface area (Å²) in [6, 6.07) is 10.4. The molecule has 106 valence electrons. The van der Waals surface area contributed by atoms with E-state index >= 15 is 0 Å². The van der Waals surface area contributed by atoms with E-state index < -0.39 is 0 Å². The van der Waals surface area contributed by atoms with E-state index in [1.807, 2.05) is 22.8 Å². The van der Waals surface area contributed by atoms with Crippen LogP contribution in [-0.2, 0) is 0 Å². The van der Waals surface area contributed by atoms with Crippen LogP contribution in [0, 0.1) is 5.82 Å². The van der Waals surface area contributed by atoms with Crippen LogP contribution < -0.4 is 5.73 Å². The van der Waals surface area contributed by atoms with Gasteiger partial charge >= 0.3 is 0 Å². The van der Waals surface area contributed by atoms with E-state index in [0.717, 1.165) is 39.9 Å². The maximum absolute atomic E-state index is 13.7. The first-order valence-electron chi connectivity index (χ1n) is 6.87. The number of nitrogens with zero attached hydrogens (tertiary/aromatic N) is 2. The zero-order valence-corrected chi connectivity index (χ0v) is 12.8. The van der Waals surface area contributed by atoms with Gasteiger partial charge in [-0.3, -0.25) is 4.57 Å². The van der Waals surface area contributed by atoms with Gasteiger partial charge in [-0.1, -0.05) is 0 Å². The summed E-state index contributed by atoms with van der Waals surface area (Å²) >= 11 is 3.52. The van der Waals surface area contributed by atoms with Crippen molar-refractivity contribution < 1.29 is 4.39 Å². The van der Waals surface area contributed by atoms with Crippen molar-refractivity contribution >= 4 is 32.7 Å². The third kappa shape index (κ3) is 2.12. The number of benzene rings is 2. The Morgan fingerprint density at radius 3 is 2.76 bits per heavy atom. The molecular weight excluding hydrogens is 333 g/mol. The number of nitrogens with two attached hydrogens (primary N) is 1. The molecule has 2 N–H and O–H groups in total. The second-order valence-electron chi connectivity index (χ2n) is 5.42. The zero-order chi connectivity index (χ0) is 14.6. The van der Waals surface area contributed by atoms with Gasteiger partial charge in [0.05, 0.1) is 16.7 Å². The molecule has 1 heterocycles. The number of fused-ring (bicyclic) bond motifs is 1. The Morgan fingerprint density at radius 1 is 1.19 bits per heavy atom. The summed E-state index contributed by atoms with van der Waals surface area (Å²) in [7, 11) is 0. The first-order valence-corrected chi connectivity index (χ1v) is 7.66. The Labute approximate surface area is 129 Å². The molecule has 5 heteroatoms. The van der Waals surface area contributed by atoms with Crippen LogP contribution in [0.1, 0.15) is 24.6 Å². The SMILES string of the molecule is Nc1ccc2c(c1)nc(C1CC1)n2-c1cc(F)ccc1Br. The minimum absolute atomic E-state index is 0.257. The summed E-state index contributed by atoms with van der Waals surface area (Å²) in [4.78, 5) is 4.72. The van der Waals surface area contributed by atoms with E-state index in [1.165, 1.54) is 12.1 Å². The molecule has 1 aromatic heterocycles. The minimum atomic E-state index is -0.257. The average molecular weight is 346 g/mol. The van der Waals surface area contributed by atoms with Gasteiger partial charge in [0, 0.05) is 16.1 Å². The molecule has 3 aromatic rings. The third-order valence-corrected chi connectivity index (χ3v) is 4.47. The van der Waals surface area contributed by atoms with Gasteiger partial charge < -0.3 is 5.73 Å². The van der Waals surface area contributed by atoms with Crippen LogP contribution >= 0.6 is 15.9 Å². The topological polar surface area (TPSA) is 43.8 Å². The minimum Gasteiger partial charge on any atom is -0.399 e. The Bertz CT molecular complexity index is 852. The van der Waals surface area contributed by atoms with Gasteiger partial charge in [-0.15, -0.1) is 0 Å². The maximum Gasteiger partial charge on any atom is 0.125 e. The van der Waals surface area contributed by atoms with Crippen LogP contribution in [0.4, 0.5) is 10.1 Å². The molecule has 21 heavy (non-hydrogen) atoms. The number of nitrogen functional groups attached to an aromatic ring is 1. The number of halogens is 2. The van der Waals surface area contributed by atoms with Crippen LogP contribution in [0.5, 0.6) is 0 Å². The number of anilines is 1. The van der Waals surface area contributed by atoms with Crippen LogP contribution in [0.3, 0.4) is 0 Å². The molecule has 1 aliphatic carbocycles. The van der Waals surface area contributed by atoms with Gasteiger partial charge in [-0.25, -0.2) is 9.37 Å². The lowest BCUT2D eigenvalue weighted by atomic mass is 10.2. The summed E-state index contributed by atoms with van der Waals surface area (Å²) in [5, 5.41) is 0. The largest absolute Gasteiger partial charge is 0.399 e. The first kappa shape index (κ1) is 12.8. The second kappa shape index (κ2) is 4.56. The molecule has 1 aliphatic rings. The Morgan fingerprint density at radius 2 is 2.00 bits per heavy atom. The molecule has 0 spiro atoms. The lowest BCUT2D eigenvalue weighted by Crippen LogP contribution is -2.01. The molecule has 2 aromatic carbocycles. The monoisotopic (exact) mass is 345 g/mol. The number of rotatable bonds is 2. The van der Waals surface area contributed by atoms with Crippen LogP contribution in [0.25, 0.3) is 16.7 Å². The van der Waals surface area contributed by atoms with E-state index in [1.54, 1.807) is 6.07 Å². The van der Waals surface area contributed by atoms with Crippen molar-refractivity contribution in [1.29, 1.82) is 0 Å². The predicted octanol–water partition coefficient (Wildman–Crippen LogP) is 4.39. The highest BCUT2D eigenvalue weighted by molar-refractivity contribution is 9.10. The van der Waals surface area contributed by atoms with Crippen molar-refractivity contribution in [3.63, 3.8) is 0 Å². The third-order valence-electron chi connectivity index (χ3n) is 3.80. The normalized spacial score (nSPS) is 14.8. The Kier molecular flexibility index (Phi) is 2.79. The molecule has 0 unspecified atom stereocenters. The van der Waals surface area contributed by atoms with Crippen molar-refractivity contribution in [3.8, 4) is 5.69 Å². The van der Waals surface area contributed by atoms with E-state index in [2.05, 4.69) is 15.9 Å². The number of aromatic nitrogens is 2. The summed E-state index contributed by atoms with van der Waals surface area (Å²) in [5.74, 6) is 1.18. The van der Waals surface area contributed by atoms with Crippen molar-refractivity contribution in [1.82, 2.24) is 9.55 Å². The molecule has 0 saturated heterocycles. The maximum atomic E-state index is 13.7. The van der Waals surface area contributed by atoms with Gasteiger partial charge in [0.25, 0.3) is 0 Å². The molecule has 1 fully saturated rings. The predicted molar refractivity (Wildman–Crippen MR) is 85.1 cm³/mol. The van der Waals surface area contributed by atoms with Crippen molar-refractivity contribution in [2.45, 2.75) is 18.8 Å². The summed E-state index contributed by atoms with van der Waals surface area (Å²) in [5.41, 5.74) is 9.13. The zero-order valence-electron chi connectivity index (χ0n) is 11.2. The fraction of sp³-hybridized carbons (Fsp3) is 0.188. The fourth-order valence-electron chi connectivity index (χ4n) is 2.64. The molecule has 0 aliphatic heterocycles. The Hall–Kier alpha value is -1.88. The van der Waals surface area contributed by atoms with E-state index in [-0.39, 0.29) is 5.82 Å². The number of hydrogen-bond acceptors (Lipinski definition) is 2. The fourth-order valence-corrected chi connectivity index (χ4v) is 3.07. The Balaban J connectivity index is 2.06. The quantitative estimate of drug-likeness (QED) is 0.700. The molecule has 0 radical (unpaired) electrons. The number of hydrogen-bond donors (Lipinski definition) is 1. The summed E-state index contributed by atoms with van der Waals surface area (Å²) in [6.45, 7) is 0. The second-order valence-corrected chi connectivity index (χ2v) is 6.28. The highest BCUT2D eigenvalue weighted by atomic mass is 79.9. The highest BCUT2D eigenvalue weighted by Crippen LogP contribution is 2.42. The van der Waals surface area contributed by atoms with E-state index in [9.17, 15) is 4.39 Å². The molecule has 4 rings (SSSR count).